The fourth-order valence-corrected chi connectivity index (χ4v) is 5.27. The number of amides is 1. The van der Waals surface area contributed by atoms with Crippen molar-refractivity contribution in [2.75, 3.05) is 20.2 Å². The molecule has 0 bridgehead atoms. The van der Waals surface area contributed by atoms with Gasteiger partial charge in [-0.15, -0.1) is 0 Å². The zero-order valence-corrected chi connectivity index (χ0v) is 19.3. The largest absolute Gasteiger partial charge is 0.377 e. The molecule has 1 fully saturated rings. The molecule has 2 aromatic carbocycles. The molecule has 2 aromatic rings. The summed E-state index contributed by atoms with van der Waals surface area (Å²) in [6.45, 7) is 0.916. The Morgan fingerprint density at radius 2 is 1.81 bits per heavy atom. The Labute approximate surface area is 188 Å². The van der Waals surface area contributed by atoms with E-state index in [0.717, 1.165) is 12.8 Å². The molecule has 1 aliphatic rings. The Balaban J connectivity index is 1.67. The predicted octanol–water partition coefficient (Wildman–Crippen LogP) is 1.12. The average molecular weight is 482 g/mol. The Bertz CT molecular complexity index is 1160. The molecule has 0 aliphatic carbocycles. The van der Waals surface area contributed by atoms with Crippen LogP contribution in [0.15, 0.2) is 53.4 Å². The van der Waals surface area contributed by atoms with Crippen molar-refractivity contribution >= 4 is 26.0 Å². The predicted molar refractivity (Wildman–Crippen MR) is 120 cm³/mol. The second kappa shape index (κ2) is 10.5. The molecule has 3 N–H and O–H groups in total. The number of carbonyl (C=O) groups excluding carboxylic acids is 1. The number of ether oxygens (including phenoxy) is 1. The number of sulfonamides is 2. The standard InChI is InChI=1S/C21H27N3O6S2/c1-22-31(26,27)15-18-7-3-2-6-17(18)13-23-21(25)16-8-4-10-20(12-16)32(28,29)24-14-19-9-5-11-30-19/h2-4,6-8,10,12,19,22,24H,5,9,11,13-15H2,1H3,(H,23,25). The second-order valence-corrected chi connectivity index (χ2v) is 11.1. The fraction of sp³-hybridized carbons (Fsp3) is 0.381. The maximum Gasteiger partial charge on any atom is 0.251 e. The lowest BCUT2D eigenvalue weighted by Crippen LogP contribution is -2.32. The molecule has 1 heterocycles. The van der Waals surface area contributed by atoms with E-state index < -0.39 is 26.0 Å². The summed E-state index contributed by atoms with van der Waals surface area (Å²) in [7, 11) is -5.91. The summed E-state index contributed by atoms with van der Waals surface area (Å²) in [4.78, 5) is 12.6. The van der Waals surface area contributed by atoms with Crippen molar-refractivity contribution in [2.24, 2.45) is 0 Å². The van der Waals surface area contributed by atoms with Crippen molar-refractivity contribution in [1.29, 1.82) is 0 Å². The minimum absolute atomic E-state index is 0.0105. The van der Waals surface area contributed by atoms with Crippen LogP contribution in [0.1, 0.15) is 34.3 Å². The summed E-state index contributed by atoms with van der Waals surface area (Å²) < 4.78 is 59.2. The molecule has 9 nitrogen and oxygen atoms in total. The zero-order chi connectivity index (χ0) is 23.2. The van der Waals surface area contributed by atoms with Crippen LogP contribution in [0, 0.1) is 0 Å². The summed E-state index contributed by atoms with van der Waals surface area (Å²) in [6, 6.07) is 12.7. The fourth-order valence-electron chi connectivity index (χ4n) is 3.32. The third-order valence-corrected chi connectivity index (χ3v) is 7.88. The highest BCUT2D eigenvalue weighted by Gasteiger charge is 2.21. The lowest BCUT2D eigenvalue weighted by atomic mass is 10.1. The van der Waals surface area contributed by atoms with Crippen molar-refractivity contribution in [1.82, 2.24) is 14.8 Å². The number of carbonyl (C=O) groups is 1. The van der Waals surface area contributed by atoms with E-state index in [1.807, 2.05) is 0 Å². The van der Waals surface area contributed by atoms with Gasteiger partial charge in [-0.2, -0.15) is 0 Å². The number of hydrogen-bond acceptors (Lipinski definition) is 6. The normalized spacial score (nSPS) is 16.7. The van der Waals surface area contributed by atoms with Crippen molar-refractivity contribution in [3.63, 3.8) is 0 Å². The second-order valence-electron chi connectivity index (χ2n) is 7.43. The first kappa shape index (κ1) is 24.3. The monoisotopic (exact) mass is 481 g/mol. The SMILES string of the molecule is CNS(=O)(=O)Cc1ccccc1CNC(=O)c1cccc(S(=O)(=O)NCC2CCCO2)c1. The van der Waals surface area contributed by atoms with E-state index in [-0.39, 0.29) is 35.4 Å². The van der Waals surface area contributed by atoms with Crippen molar-refractivity contribution in [3.8, 4) is 0 Å². The Morgan fingerprint density at radius 3 is 2.50 bits per heavy atom. The van der Waals surface area contributed by atoms with Gasteiger partial charge in [-0.3, -0.25) is 4.79 Å². The van der Waals surface area contributed by atoms with Gasteiger partial charge in [0.15, 0.2) is 0 Å². The van der Waals surface area contributed by atoms with E-state index in [1.165, 1.54) is 31.3 Å². The smallest absolute Gasteiger partial charge is 0.251 e. The van der Waals surface area contributed by atoms with Crippen LogP contribution in [-0.4, -0.2) is 49.0 Å². The van der Waals surface area contributed by atoms with E-state index >= 15 is 0 Å². The minimum atomic E-state index is -3.78. The number of benzene rings is 2. The number of rotatable bonds is 10. The van der Waals surface area contributed by atoms with Gasteiger partial charge in [-0.1, -0.05) is 30.3 Å². The third-order valence-electron chi connectivity index (χ3n) is 5.15. The summed E-state index contributed by atoms with van der Waals surface area (Å²) in [6.07, 6.45) is 1.58. The molecule has 3 rings (SSSR count). The van der Waals surface area contributed by atoms with Crippen molar-refractivity contribution in [3.05, 3.63) is 65.2 Å². The van der Waals surface area contributed by atoms with Crippen LogP contribution in [0.25, 0.3) is 0 Å². The van der Waals surface area contributed by atoms with E-state index in [1.54, 1.807) is 24.3 Å². The van der Waals surface area contributed by atoms with Gasteiger partial charge in [-0.25, -0.2) is 26.3 Å². The van der Waals surface area contributed by atoms with Crippen LogP contribution in [0.2, 0.25) is 0 Å². The molecular weight excluding hydrogens is 454 g/mol. The maximum absolute atomic E-state index is 12.6. The Morgan fingerprint density at radius 1 is 1.06 bits per heavy atom. The minimum Gasteiger partial charge on any atom is -0.377 e. The lowest BCUT2D eigenvalue weighted by molar-refractivity contribution is 0.0950. The molecule has 1 unspecified atom stereocenters. The Kier molecular flexibility index (Phi) is 8.01. The van der Waals surface area contributed by atoms with E-state index in [9.17, 15) is 21.6 Å². The molecule has 1 amide bonds. The van der Waals surface area contributed by atoms with Crippen LogP contribution in [0.3, 0.4) is 0 Å². The highest BCUT2D eigenvalue weighted by molar-refractivity contribution is 7.89. The average Bonchev–Trinajstić information content (AvgIpc) is 3.31. The van der Waals surface area contributed by atoms with Gasteiger partial charge in [0.2, 0.25) is 20.0 Å². The highest BCUT2D eigenvalue weighted by atomic mass is 32.2. The van der Waals surface area contributed by atoms with Crippen LogP contribution < -0.4 is 14.8 Å². The number of nitrogens with one attached hydrogen (secondary N) is 3. The van der Waals surface area contributed by atoms with Gasteiger partial charge in [0, 0.05) is 25.3 Å². The van der Waals surface area contributed by atoms with Crippen LogP contribution in [0.4, 0.5) is 0 Å². The topological polar surface area (TPSA) is 131 Å². The number of hydrogen-bond donors (Lipinski definition) is 3. The molecule has 32 heavy (non-hydrogen) atoms. The summed E-state index contributed by atoms with van der Waals surface area (Å²) in [5, 5.41) is 2.73. The zero-order valence-electron chi connectivity index (χ0n) is 17.7. The van der Waals surface area contributed by atoms with Crippen LogP contribution in [0.5, 0.6) is 0 Å². The summed E-state index contributed by atoms with van der Waals surface area (Å²) in [5.41, 5.74) is 1.41. The van der Waals surface area contributed by atoms with E-state index in [0.29, 0.717) is 17.7 Å². The molecule has 174 valence electrons. The summed E-state index contributed by atoms with van der Waals surface area (Å²) in [5.74, 6) is -0.674. The van der Waals surface area contributed by atoms with Crippen LogP contribution >= 0.6 is 0 Å². The molecule has 11 heteroatoms. The van der Waals surface area contributed by atoms with Gasteiger partial charge in [0.25, 0.3) is 5.91 Å². The molecule has 0 spiro atoms. The van der Waals surface area contributed by atoms with Gasteiger partial charge < -0.3 is 10.1 Å². The molecular formula is C21H27N3O6S2. The van der Waals surface area contributed by atoms with Crippen LogP contribution in [-0.2, 0) is 37.1 Å². The van der Waals surface area contributed by atoms with E-state index in [4.69, 9.17) is 4.74 Å². The van der Waals surface area contributed by atoms with Crippen molar-refractivity contribution in [2.45, 2.75) is 36.1 Å². The first-order valence-electron chi connectivity index (χ1n) is 10.2. The van der Waals surface area contributed by atoms with Gasteiger partial charge >= 0.3 is 0 Å². The lowest BCUT2D eigenvalue weighted by Gasteiger charge is -2.13. The van der Waals surface area contributed by atoms with Crippen molar-refractivity contribution < 1.29 is 26.4 Å². The molecule has 0 saturated carbocycles. The molecule has 1 atom stereocenters. The molecule has 0 radical (unpaired) electrons. The van der Waals surface area contributed by atoms with E-state index in [2.05, 4.69) is 14.8 Å². The molecule has 0 aromatic heterocycles. The first-order chi connectivity index (χ1) is 15.2. The Hall–Kier alpha value is -2.31. The highest BCUT2D eigenvalue weighted by Crippen LogP contribution is 2.16. The quantitative estimate of drug-likeness (QED) is 0.466. The summed E-state index contributed by atoms with van der Waals surface area (Å²) >= 11 is 0. The molecule has 1 saturated heterocycles. The van der Waals surface area contributed by atoms with Gasteiger partial charge in [-0.05, 0) is 49.2 Å². The maximum atomic E-state index is 12.6. The first-order valence-corrected chi connectivity index (χ1v) is 13.3. The third kappa shape index (κ3) is 6.59. The molecule has 1 aliphatic heterocycles. The van der Waals surface area contributed by atoms with Gasteiger partial charge in [0.05, 0.1) is 16.8 Å². The van der Waals surface area contributed by atoms with Gasteiger partial charge in [0.1, 0.15) is 0 Å².